The molecule has 1 atom stereocenters. The summed E-state index contributed by atoms with van der Waals surface area (Å²) in [5, 5.41) is 11.7. The Hall–Kier alpha value is -3.98. The lowest BCUT2D eigenvalue weighted by Crippen LogP contribution is -2.45. The number of ether oxygens (including phenoxy) is 1. The minimum absolute atomic E-state index is 0.0148. The molecule has 1 amide bonds. The van der Waals surface area contributed by atoms with Gasteiger partial charge in [-0.2, -0.15) is 5.26 Å². The molecule has 34 heavy (non-hydrogen) atoms. The van der Waals surface area contributed by atoms with Crippen molar-refractivity contribution >= 4 is 11.9 Å². The topological polar surface area (TPSA) is 79.2 Å². The van der Waals surface area contributed by atoms with Crippen LogP contribution < -0.4 is 5.32 Å². The highest BCUT2D eigenvalue weighted by atomic mass is 19.1. The first-order valence-electron chi connectivity index (χ1n) is 10.9. The largest absolute Gasteiger partial charge is 0.458 e. The van der Waals surface area contributed by atoms with E-state index < -0.39 is 29.3 Å². The molecule has 0 spiro atoms. The Bertz CT molecular complexity index is 1240. The van der Waals surface area contributed by atoms with E-state index in [1.165, 1.54) is 12.1 Å². The molecule has 0 saturated heterocycles. The van der Waals surface area contributed by atoms with Gasteiger partial charge in [-0.1, -0.05) is 48.0 Å². The number of nitrogens with one attached hydrogen (secondary N) is 1. The fraction of sp³-hybridized carbons (Fsp3) is 0.250. The van der Waals surface area contributed by atoms with Crippen molar-refractivity contribution < 1.29 is 18.7 Å². The van der Waals surface area contributed by atoms with Crippen molar-refractivity contribution in [2.24, 2.45) is 0 Å². The maximum Gasteiger partial charge on any atom is 0.329 e. The second-order valence-electron chi connectivity index (χ2n) is 9.14. The summed E-state index contributed by atoms with van der Waals surface area (Å²) in [7, 11) is 0. The van der Waals surface area contributed by atoms with Crippen LogP contribution in [0.4, 0.5) is 4.39 Å². The number of hydrogen-bond donors (Lipinski definition) is 1. The third-order valence-corrected chi connectivity index (χ3v) is 5.10. The maximum atomic E-state index is 14.1. The molecule has 1 unspecified atom stereocenters. The second-order valence-corrected chi connectivity index (χ2v) is 9.14. The predicted octanol–water partition coefficient (Wildman–Crippen LogP) is 5.36. The average Bonchev–Trinajstić information content (AvgIpc) is 2.78. The Kier molecular flexibility index (Phi) is 7.47. The smallest absolute Gasteiger partial charge is 0.329 e. The standard InChI is InChI=1S/C28H27FN2O3/c1-18-8-11-20(12-9-18)21-6-5-7-22(16-21)26(32)31-25(27(33)34-28(2,3)4)15-19-10-13-23(17-30)24(29)14-19/h5-14,16,25H,15H2,1-4H3,(H,31,32). The van der Waals surface area contributed by atoms with E-state index >= 15 is 0 Å². The zero-order valence-electron chi connectivity index (χ0n) is 19.7. The Labute approximate surface area is 199 Å². The molecule has 6 heteroatoms. The molecule has 0 bridgehead atoms. The number of carbonyl (C=O) groups excluding carboxylic acids is 2. The van der Waals surface area contributed by atoms with Gasteiger partial charge in [0.25, 0.3) is 5.91 Å². The monoisotopic (exact) mass is 458 g/mol. The number of benzene rings is 3. The zero-order valence-corrected chi connectivity index (χ0v) is 19.7. The van der Waals surface area contributed by atoms with Gasteiger partial charge in [0.05, 0.1) is 5.56 Å². The van der Waals surface area contributed by atoms with Gasteiger partial charge in [-0.25, -0.2) is 9.18 Å². The van der Waals surface area contributed by atoms with Gasteiger partial charge in [0, 0.05) is 12.0 Å². The lowest BCUT2D eigenvalue weighted by atomic mass is 10.0. The van der Waals surface area contributed by atoms with Crippen LogP contribution in [-0.2, 0) is 16.0 Å². The van der Waals surface area contributed by atoms with Gasteiger partial charge in [-0.05, 0) is 68.7 Å². The Morgan fingerprint density at radius 1 is 1.03 bits per heavy atom. The average molecular weight is 459 g/mol. The molecule has 0 radical (unpaired) electrons. The summed E-state index contributed by atoms with van der Waals surface area (Å²) in [5.74, 6) is -1.75. The number of nitrogens with zero attached hydrogens (tertiary/aromatic N) is 1. The predicted molar refractivity (Wildman–Crippen MR) is 129 cm³/mol. The van der Waals surface area contributed by atoms with Gasteiger partial charge < -0.3 is 10.1 Å². The number of esters is 1. The molecule has 0 saturated carbocycles. The molecule has 174 valence electrons. The van der Waals surface area contributed by atoms with Crippen molar-refractivity contribution in [3.63, 3.8) is 0 Å². The number of aryl methyl sites for hydroxylation is 1. The van der Waals surface area contributed by atoms with Crippen LogP contribution in [0.25, 0.3) is 11.1 Å². The van der Waals surface area contributed by atoms with E-state index in [1.54, 1.807) is 51.1 Å². The highest BCUT2D eigenvalue weighted by Gasteiger charge is 2.27. The summed E-state index contributed by atoms with van der Waals surface area (Å²) in [6.07, 6.45) is 0.0148. The number of hydrogen-bond acceptors (Lipinski definition) is 4. The third-order valence-electron chi connectivity index (χ3n) is 5.10. The normalized spacial score (nSPS) is 11.9. The lowest BCUT2D eigenvalue weighted by molar-refractivity contribution is -0.157. The van der Waals surface area contributed by atoms with E-state index in [4.69, 9.17) is 10.00 Å². The molecule has 0 aliphatic rings. The van der Waals surface area contributed by atoms with Crippen LogP contribution in [0.2, 0.25) is 0 Å². The molecule has 0 aliphatic carbocycles. The zero-order chi connectivity index (χ0) is 24.9. The SMILES string of the molecule is Cc1ccc(-c2cccc(C(=O)NC(Cc3ccc(C#N)c(F)c3)C(=O)OC(C)(C)C)c2)cc1. The van der Waals surface area contributed by atoms with E-state index in [9.17, 15) is 14.0 Å². The van der Waals surface area contributed by atoms with Gasteiger partial charge in [0.15, 0.2) is 0 Å². The number of halogens is 1. The molecule has 0 heterocycles. The fourth-order valence-corrected chi connectivity index (χ4v) is 3.41. The number of rotatable bonds is 6. The lowest BCUT2D eigenvalue weighted by Gasteiger charge is -2.25. The van der Waals surface area contributed by atoms with Crippen LogP contribution in [0.1, 0.15) is 47.8 Å². The fourth-order valence-electron chi connectivity index (χ4n) is 3.41. The highest BCUT2D eigenvalue weighted by Crippen LogP contribution is 2.21. The molecule has 0 aliphatic heterocycles. The molecule has 0 fully saturated rings. The molecule has 3 aromatic carbocycles. The third kappa shape index (κ3) is 6.52. The van der Waals surface area contributed by atoms with E-state index in [-0.39, 0.29) is 12.0 Å². The van der Waals surface area contributed by atoms with Gasteiger partial charge in [-0.3, -0.25) is 4.79 Å². The summed E-state index contributed by atoms with van der Waals surface area (Å²) >= 11 is 0. The quantitative estimate of drug-likeness (QED) is 0.505. The van der Waals surface area contributed by atoms with Crippen LogP contribution in [-0.4, -0.2) is 23.5 Å². The molecule has 3 rings (SSSR count). The molecule has 5 nitrogen and oxygen atoms in total. The van der Waals surface area contributed by atoms with E-state index in [0.29, 0.717) is 11.1 Å². The highest BCUT2D eigenvalue weighted by molar-refractivity contribution is 5.98. The van der Waals surface area contributed by atoms with Crippen molar-refractivity contribution in [3.05, 3.63) is 94.8 Å². The number of amides is 1. The molecule has 3 aromatic rings. The van der Waals surface area contributed by atoms with Crippen molar-refractivity contribution in [1.29, 1.82) is 5.26 Å². The summed E-state index contributed by atoms with van der Waals surface area (Å²) < 4.78 is 19.6. The van der Waals surface area contributed by atoms with Gasteiger partial charge in [-0.15, -0.1) is 0 Å². The minimum Gasteiger partial charge on any atom is -0.458 e. The maximum absolute atomic E-state index is 14.1. The van der Waals surface area contributed by atoms with E-state index in [2.05, 4.69) is 5.32 Å². The minimum atomic E-state index is -1.04. The van der Waals surface area contributed by atoms with E-state index in [0.717, 1.165) is 16.7 Å². The van der Waals surface area contributed by atoms with Crippen molar-refractivity contribution in [1.82, 2.24) is 5.32 Å². The summed E-state index contributed by atoms with van der Waals surface area (Å²) in [4.78, 5) is 26.0. The number of carbonyl (C=O) groups is 2. The van der Waals surface area contributed by atoms with Gasteiger partial charge in [0.2, 0.25) is 0 Å². The first-order chi connectivity index (χ1) is 16.1. The molecule has 0 aromatic heterocycles. The van der Waals surface area contributed by atoms with Crippen LogP contribution in [0.15, 0.2) is 66.7 Å². The van der Waals surface area contributed by atoms with Crippen molar-refractivity contribution in [2.75, 3.05) is 0 Å². The number of nitriles is 1. The van der Waals surface area contributed by atoms with E-state index in [1.807, 2.05) is 37.3 Å². The Balaban J connectivity index is 1.85. The van der Waals surface area contributed by atoms with Gasteiger partial charge in [0.1, 0.15) is 23.5 Å². The summed E-state index contributed by atoms with van der Waals surface area (Å²) in [6, 6.07) is 19.9. The first kappa shape index (κ1) is 24.7. The molecular weight excluding hydrogens is 431 g/mol. The summed E-state index contributed by atoms with van der Waals surface area (Å²) in [5.41, 5.74) is 2.97. The van der Waals surface area contributed by atoms with Crippen LogP contribution in [0, 0.1) is 24.1 Å². The second kappa shape index (κ2) is 10.3. The first-order valence-corrected chi connectivity index (χ1v) is 10.9. The molecule has 1 N–H and O–H groups in total. The van der Waals surface area contributed by atoms with Crippen molar-refractivity contribution in [2.45, 2.75) is 45.8 Å². The van der Waals surface area contributed by atoms with Gasteiger partial charge >= 0.3 is 5.97 Å². The molecular formula is C28H27FN2O3. The van der Waals surface area contributed by atoms with Crippen LogP contribution >= 0.6 is 0 Å². The van der Waals surface area contributed by atoms with Crippen LogP contribution in [0.5, 0.6) is 0 Å². The Morgan fingerprint density at radius 2 is 1.74 bits per heavy atom. The Morgan fingerprint density at radius 3 is 2.35 bits per heavy atom. The summed E-state index contributed by atoms with van der Waals surface area (Å²) in [6.45, 7) is 7.20. The van der Waals surface area contributed by atoms with Crippen LogP contribution in [0.3, 0.4) is 0 Å². The van der Waals surface area contributed by atoms with Crippen molar-refractivity contribution in [3.8, 4) is 17.2 Å².